The van der Waals surface area contributed by atoms with E-state index in [1.54, 1.807) is 5.06 Å². The average Bonchev–Trinajstić information content (AvgIpc) is 3.44. The number of ether oxygens (including phenoxy) is 1. The number of nitrogens with zero attached hydrogens (tertiary/aromatic N) is 3. The zero-order valence-electron chi connectivity index (χ0n) is 22.0. The highest BCUT2D eigenvalue weighted by atomic mass is 16.7. The molecule has 3 heterocycles. The first-order valence-electron chi connectivity index (χ1n) is 13.9. The van der Waals surface area contributed by atoms with Gasteiger partial charge in [0.25, 0.3) is 5.91 Å². The molecule has 3 aliphatic rings. The molecule has 198 valence electrons. The SMILES string of the molecule is O=C(CN1CCN(C(c2ccccc2)c2ccccc2)CC1)N1OC[C@@H]2COc3ccc4ccccc4c3[C@@H]21. The van der Waals surface area contributed by atoms with Gasteiger partial charge in [0, 0.05) is 37.7 Å². The molecule has 0 aromatic heterocycles. The van der Waals surface area contributed by atoms with Gasteiger partial charge in [-0.1, -0.05) is 91.0 Å². The van der Waals surface area contributed by atoms with Crippen molar-refractivity contribution in [3.05, 3.63) is 114 Å². The molecule has 0 unspecified atom stereocenters. The van der Waals surface area contributed by atoms with Crippen molar-refractivity contribution in [1.29, 1.82) is 0 Å². The van der Waals surface area contributed by atoms with Crippen molar-refractivity contribution in [3.8, 4) is 5.75 Å². The van der Waals surface area contributed by atoms with Crippen LogP contribution >= 0.6 is 0 Å². The average molecular weight is 520 g/mol. The van der Waals surface area contributed by atoms with E-state index in [4.69, 9.17) is 9.57 Å². The molecule has 0 saturated carbocycles. The number of carbonyl (C=O) groups is 1. The molecule has 3 aliphatic heterocycles. The minimum atomic E-state index is -0.116. The van der Waals surface area contributed by atoms with Crippen LogP contribution in [0.5, 0.6) is 5.75 Å². The summed E-state index contributed by atoms with van der Waals surface area (Å²) in [5, 5.41) is 3.94. The molecule has 7 rings (SSSR count). The Kier molecular flexibility index (Phi) is 6.52. The van der Waals surface area contributed by atoms with Crippen molar-refractivity contribution in [1.82, 2.24) is 14.9 Å². The maximum absolute atomic E-state index is 13.7. The van der Waals surface area contributed by atoms with Gasteiger partial charge < -0.3 is 4.74 Å². The molecule has 2 atom stereocenters. The van der Waals surface area contributed by atoms with Crippen LogP contribution in [-0.4, -0.2) is 66.7 Å². The molecular weight excluding hydrogens is 486 g/mol. The summed E-state index contributed by atoms with van der Waals surface area (Å²) in [5.41, 5.74) is 3.68. The van der Waals surface area contributed by atoms with Crippen LogP contribution in [0.3, 0.4) is 0 Å². The number of benzene rings is 4. The molecule has 0 radical (unpaired) electrons. The standard InChI is InChI=1S/C33H33N3O3/c37-30(36-33-27(23-39-36)22-38-29-16-15-24-9-7-8-14-28(24)31(29)33)21-34-17-19-35(20-18-34)32(25-10-3-1-4-11-25)26-12-5-2-6-13-26/h1-16,27,32-33H,17-23H2/t27-,33+/m0/s1. The highest BCUT2D eigenvalue weighted by Gasteiger charge is 2.45. The first-order chi connectivity index (χ1) is 19.3. The van der Waals surface area contributed by atoms with E-state index >= 15 is 0 Å². The Morgan fingerprint density at radius 3 is 2.15 bits per heavy atom. The van der Waals surface area contributed by atoms with Gasteiger partial charge in [0.05, 0.1) is 31.8 Å². The predicted octanol–water partition coefficient (Wildman–Crippen LogP) is 5.07. The molecule has 4 aromatic rings. The molecule has 0 N–H and O–H groups in total. The fourth-order valence-corrected chi connectivity index (χ4v) is 6.49. The minimum Gasteiger partial charge on any atom is -0.493 e. The maximum Gasteiger partial charge on any atom is 0.260 e. The molecule has 2 fully saturated rings. The third kappa shape index (κ3) is 4.59. The summed E-state index contributed by atoms with van der Waals surface area (Å²) < 4.78 is 6.10. The van der Waals surface area contributed by atoms with E-state index in [9.17, 15) is 4.79 Å². The zero-order chi connectivity index (χ0) is 26.2. The van der Waals surface area contributed by atoms with E-state index < -0.39 is 0 Å². The van der Waals surface area contributed by atoms with Gasteiger partial charge >= 0.3 is 0 Å². The van der Waals surface area contributed by atoms with Gasteiger partial charge in [-0.25, -0.2) is 5.06 Å². The first-order valence-corrected chi connectivity index (χ1v) is 13.9. The van der Waals surface area contributed by atoms with Crippen molar-refractivity contribution < 1.29 is 14.4 Å². The molecule has 0 bridgehead atoms. The van der Waals surface area contributed by atoms with Gasteiger partial charge in [0.1, 0.15) is 5.75 Å². The Labute approximate surface area is 229 Å². The van der Waals surface area contributed by atoms with Crippen molar-refractivity contribution in [3.63, 3.8) is 0 Å². The lowest BCUT2D eigenvalue weighted by Crippen LogP contribution is -2.51. The van der Waals surface area contributed by atoms with E-state index in [0.717, 1.165) is 48.3 Å². The van der Waals surface area contributed by atoms with Crippen LogP contribution < -0.4 is 4.74 Å². The van der Waals surface area contributed by atoms with Crippen LogP contribution in [0.25, 0.3) is 10.8 Å². The van der Waals surface area contributed by atoms with E-state index in [-0.39, 0.29) is 23.9 Å². The number of hydrogen-bond donors (Lipinski definition) is 0. The lowest BCUT2D eigenvalue weighted by Gasteiger charge is -2.40. The summed E-state index contributed by atoms with van der Waals surface area (Å²) in [6.45, 7) is 4.91. The summed E-state index contributed by atoms with van der Waals surface area (Å²) in [4.78, 5) is 24.5. The second kappa shape index (κ2) is 10.5. The Bertz CT molecular complexity index is 1410. The smallest absolute Gasteiger partial charge is 0.260 e. The summed E-state index contributed by atoms with van der Waals surface area (Å²) in [6.07, 6.45) is 0. The number of hydrogen-bond acceptors (Lipinski definition) is 5. The number of carbonyl (C=O) groups excluding carboxylic acids is 1. The largest absolute Gasteiger partial charge is 0.493 e. The van der Waals surface area contributed by atoms with Crippen molar-refractivity contribution >= 4 is 16.7 Å². The van der Waals surface area contributed by atoms with E-state index in [1.165, 1.54) is 11.1 Å². The molecule has 4 aromatic carbocycles. The second-order valence-corrected chi connectivity index (χ2v) is 10.8. The van der Waals surface area contributed by atoms with Crippen molar-refractivity contribution in [2.45, 2.75) is 12.1 Å². The predicted molar refractivity (Wildman–Crippen MR) is 151 cm³/mol. The zero-order valence-corrected chi connectivity index (χ0v) is 22.0. The third-order valence-electron chi connectivity index (χ3n) is 8.41. The topological polar surface area (TPSA) is 45.3 Å². The van der Waals surface area contributed by atoms with Crippen LogP contribution in [-0.2, 0) is 9.63 Å². The van der Waals surface area contributed by atoms with Gasteiger partial charge in [-0.2, -0.15) is 0 Å². The summed E-state index contributed by atoms with van der Waals surface area (Å²) >= 11 is 0. The first kappa shape index (κ1) is 24.3. The van der Waals surface area contributed by atoms with E-state index in [2.05, 4.69) is 88.7 Å². The van der Waals surface area contributed by atoms with Crippen molar-refractivity contribution in [2.24, 2.45) is 5.92 Å². The van der Waals surface area contributed by atoms with Crippen LogP contribution in [0.1, 0.15) is 28.8 Å². The quantitative estimate of drug-likeness (QED) is 0.368. The second-order valence-electron chi connectivity index (χ2n) is 10.8. The summed E-state index contributed by atoms with van der Waals surface area (Å²) in [5.74, 6) is 1.03. The lowest BCUT2D eigenvalue weighted by atomic mass is 9.88. The summed E-state index contributed by atoms with van der Waals surface area (Å²) in [6, 6.07) is 34.0. The van der Waals surface area contributed by atoms with Crippen LogP contribution in [0, 0.1) is 5.92 Å². The van der Waals surface area contributed by atoms with Gasteiger partial charge in [-0.05, 0) is 28.0 Å². The number of piperazine rings is 1. The van der Waals surface area contributed by atoms with Crippen LogP contribution in [0.4, 0.5) is 0 Å². The fraction of sp³-hybridized carbons (Fsp3) is 0.303. The summed E-state index contributed by atoms with van der Waals surface area (Å²) in [7, 11) is 0. The number of amides is 1. The molecule has 2 saturated heterocycles. The van der Waals surface area contributed by atoms with Crippen LogP contribution in [0.2, 0.25) is 0 Å². The van der Waals surface area contributed by atoms with Gasteiger partial charge in [0.2, 0.25) is 0 Å². The Hall–Kier alpha value is -3.71. The highest BCUT2D eigenvalue weighted by Crippen LogP contribution is 2.46. The molecule has 39 heavy (non-hydrogen) atoms. The highest BCUT2D eigenvalue weighted by molar-refractivity contribution is 5.89. The fourth-order valence-electron chi connectivity index (χ4n) is 6.49. The molecule has 1 amide bonds. The molecular formula is C33H33N3O3. The lowest BCUT2D eigenvalue weighted by molar-refractivity contribution is -0.178. The number of fused-ring (bicyclic) bond motifs is 5. The van der Waals surface area contributed by atoms with Gasteiger partial charge in [0.15, 0.2) is 0 Å². The molecule has 0 aliphatic carbocycles. The van der Waals surface area contributed by atoms with Crippen molar-refractivity contribution in [2.75, 3.05) is 45.9 Å². The number of rotatable bonds is 5. The monoisotopic (exact) mass is 519 g/mol. The Morgan fingerprint density at radius 2 is 1.44 bits per heavy atom. The van der Waals surface area contributed by atoms with E-state index in [0.29, 0.717) is 19.8 Å². The van der Waals surface area contributed by atoms with E-state index in [1.807, 2.05) is 18.2 Å². The van der Waals surface area contributed by atoms with Gasteiger partial charge in [-0.15, -0.1) is 0 Å². The molecule has 0 spiro atoms. The molecule has 6 nitrogen and oxygen atoms in total. The molecule has 6 heteroatoms. The normalized spacial score (nSPS) is 21.5. The minimum absolute atomic E-state index is 0.0272. The Morgan fingerprint density at radius 1 is 0.769 bits per heavy atom. The third-order valence-corrected chi connectivity index (χ3v) is 8.41. The van der Waals surface area contributed by atoms with Crippen LogP contribution in [0.15, 0.2) is 97.1 Å². The maximum atomic E-state index is 13.7. The number of hydroxylamine groups is 2. The van der Waals surface area contributed by atoms with Gasteiger partial charge in [-0.3, -0.25) is 19.4 Å². The Balaban J connectivity index is 1.06.